The molecule has 1 aliphatic heterocycles. The molecule has 1 aliphatic rings. The van der Waals surface area contributed by atoms with Gasteiger partial charge in [0.25, 0.3) is 5.91 Å². The normalized spacial score (nSPS) is 14.0. The highest BCUT2D eigenvalue weighted by Crippen LogP contribution is 2.32. The highest BCUT2D eigenvalue weighted by molar-refractivity contribution is 6.05. The van der Waals surface area contributed by atoms with Crippen molar-refractivity contribution in [1.29, 1.82) is 0 Å². The molecule has 1 amide bonds. The Labute approximate surface area is 199 Å². The summed E-state index contributed by atoms with van der Waals surface area (Å²) in [6, 6.07) is 8.16. The van der Waals surface area contributed by atoms with Gasteiger partial charge >= 0.3 is 17.9 Å². The van der Waals surface area contributed by atoms with E-state index in [-0.39, 0.29) is 11.1 Å². The smallest absolute Gasteiger partial charge is 0.336 e. The molecule has 0 spiro atoms. The van der Waals surface area contributed by atoms with E-state index in [0.717, 1.165) is 19.8 Å². The maximum atomic E-state index is 12.9. The van der Waals surface area contributed by atoms with Crippen molar-refractivity contribution in [2.45, 2.75) is 40.0 Å². The summed E-state index contributed by atoms with van der Waals surface area (Å²) in [6.45, 7) is 7.20. The molecule has 1 aromatic carbocycles. The molecule has 2 N–H and O–H groups in total. The Morgan fingerprint density at radius 1 is 0.941 bits per heavy atom. The number of methoxy groups -OCH3 is 2. The van der Waals surface area contributed by atoms with Crippen molar-refractivity contribution in [3.8, 4) is 0 Å². The number of nitrogens with one attached hydrogen (secondary N) is 2. The van der Waals surface area contributed by atoms with E-state index in [1.54, 1.807) is 13.8 Å². The maximum absolute atomic E-state index is 12.9. The van der Waals surface area contributed by atoms with E-state index >= 15 is 0 Å². The molecule has 0 fully saturated rings. The summed E-state index contributed by atoms with van der Waals surface area (Å²) in [6.07, 6.45) is 0.620. The predicted molar refractivity (Wildman–Crippen MR) is 124 cm³/mol. The number of allylic oxidation sites excluding steroid dienone is 2. The number of dihydropyridines is 1. The van der Waals surface area contributed by atoms with Crippen molar-refractivity contribution in [3.05, 3.63) is 57.9 Å². The van der Waals surface area contributed by atoms with Crippen molar-refractivity contribution in [1.82, 2.24) is 10.6 Å². The molecule has 0 saturated heterocycles. The fourth-order valence-corrected chi connectivity index (χ4v) is 3.68. The van der Waals surface area contributed by atoms with Crippen LogP contribution >= 0.6 is 0 Å². The quantitative estimate of drug-likeness (QED) is 0.414. The summed E-state index contributed by atoms with van der Waals surface area (Å²) in [5.74, 6) is -3.96. The van der Waals surface area contributed by atoms with Gasteiger partial charge in [-0.05, 0) is 37.3 Å². The lowest BCUT2D eigenvalue weighted by molar-refractivity contribution is -0.153. The number of ether oxygens (including phenoxy) is 3. The third-order valence-corrected chi connectivity index (χ3v) is 5.53. The van der Waals surface area contributed by atoms with Gasteiger partial charge in [0.05, 0.1) is 25.4 Å². The van der Waals surface area contributed by atoms with Gasteiger partial charge in [0, 0.05) is 17.9 Å². The molecular weight excluding hydrogens is 440 g/mol. The van der Waals surface area contributed by atoms with E-state index < -0.39 is 36.3 Å². The van der Waals surface area contributed by atoms with Gasteiger partial charge in [-0.1, -0.05) is 38.1 Å². The van der Waals surface area contributed by atoms with Crippen LogP contribution in [0.1, 0.15) is 44.7 Å². The molecule has 0 unspecified atom stereocenters. The monoisotopic (exact) mass is 472 g/mol. The molecule has 1 aromatic rings. The molecule has 9 nitrogen and oxygen atoms in total. The van der Waals surface area contributed by atoms with Gasteiger partial charge in [0.2, 0.25) is 0 Å². The number of hydrogen-bond donors (Lipinski definition) is 2. The van der Waals surface area contributed by atoms with Crippen LogP contribution < -0.4 is 10.6 Å². The Morgan fingerprint density at radius 3 is 1.94 bits per heavy atom. The zero-order valence-corrected chi connectivity index (χ0v) is 20.4. The first-order valence-corrected chi connectivity index (χ1v) is 11.0. The van der Waals surface area contributed by atoms with Gasteiger partial charge in [0.15, 0.2) is 6.61 Å². The topological polar surface area (TPSA) is 120 Å². The zero-order chi connectivity index (χ0) is 25.4. The second-order valence-corrected chi connectivity index (χ2v) is 8.22. The maximum Gasteiger partial charge on any atom is 0.336 e. The number of esters is 3. The zero-order valence-electron chi connectivity index (χ0n) is 20.4. The Hall–Kier alpha value is -3.62. The molecule has 0 atom stereocenters. The summed E-state index contributed by atoms with van der Waals surface area (Å²) in [4.78, 5) is 49.8. The van der Waals surface area contributed by atoms with Crippen LogP contribution in [0.25, 0.3) is 0 Å². The van der Waals surface area contributed by atoms with E-state index in [2.05, 4.69) is 36.6 Å². The second-order valence-electron chi connectivity index (χ2n) is 8.22. The number of benzene rings is 1. The van der Waals surface area contributed by atoms with Crippen LogP contribution in [0, 0.1) is 5.92 Å². The predicted octanol–water partition coefficient (Wildman–Crippen LogP) is 2.13. The van der Waals surface area contributed by atoms with Crippen LogP contribution in [0.4, 0.5) is 0 Å². The molecule has 34 heavy (non-hydrogen) atoms. The van der Waals surface area contributed by atoms with Crippen LogP contribution in [0.2, 0.25) is 0 Å². The van der Waals surface area contributed by atoms with Crippen molar-refractivity contribution in [2.75, 3.05) is 27.4 Å². The van der Waals surface area contributed by atoms with E-state index in [1.807, 2.05) is 12.1 Å². The van der Waals surface area contributed by atoms with Gasteiger partial charge in [-0.25, -0.2) is 9.59 Å². The average molecular weight is 473 g/mol. The van der Waals surface area contributed by atoms with Crippen LogP contribution in [0.3, 0.4) is 0 Å². The minimum Gasteiger partial charge on any atom is -0.466 e. The lowest BCUT2D eigenvalue weighted by Crippen LogP contribution is -2.39. The number of carbonyl (C=O) groups excluding carboxylic acids is 4. The molecule has 0 aliphatic carbocycles. The first kappa shape index (κ1) is 26.6. The summed E-state index contributed by atoms with van der Waals surface area (Å²) in [7, 11) is 2.33. The second kappa shape index (κ2) is 12.0. The van der Waals surface area contributed by atoms with E-state index in [1.165, 1.54) is 5.56 Å². The van der Waals surface area contributed by atoms with Crippen LogP contribution in [0.15, 0.2) is 46.8 Å². The number of rotatable bonds is 9. The van der Waals surface area contributed by atoms with Gasteiger partial charge in [-0.15, -0.1) is 0 Å². The molecule has 0 saturated carbocycles. The van der Waals surface area contributed by atoms with Crippen LogP contribution in [0.5, 0.6) is 0 Å². The highest BCUT2D eigenvalue weighted by Gasteiger charge is 2.42. The van der Waals surface area contributed by atoms with Crippen LogP contribution in [-0.2, 0) is 39.8 Å². The fourth-order valence-electron chi connectivity index (χ4n) is 3.68. The van der Waals surface area contributed by atoms with Gasteiger partial charge < -0.3 is 24.8 Å². The summed E-state index contributed by atoms with van der Waals surface area (Å²) < 4.78 is 14.7. The largest absolute Gasteiger partial charge is 0.466 e. The number of hydrogen-bond acceptors (Lipinski definition) is 8. The first-order chi connectivity index (χ1) is 16.1. The first-order valence-electron chi connectivity index (χ1n) is 11.0. The highest BCUT2D eigenvalue weighted by atomic mass is 16.5. The molecule has 1 heterocycles. The third kappa shape index (κ3) is 6.46. The number of amides is 1. The summed E-state index contributed by atoms with van der Waals surface area (Å²) >= 11 is 0. The van der Waals surface area contributed by atoms with Crippen molar-refractivity contribution in [2.24, 2.45) is 5.92 Å². The molecule has 0 aromatic heterocycles. The van der Waals surface area contributed by atoms with Gasteiger partial charge in [-0.2, -0.15) is 0 Å². The summed E-state index contributed by atoms with van der Waals surface area (Å²) in [5.41, 5.74) is 2.83. The Kier molecular flexibility index (Phi) is 9.41. The molecule has 0 radical (unpaired) electrons. The van der Waals surface area contributed by atoms with Gasteiger partial charge in [-0.3, -0.25) is 9.59 Å². The van der Waals surface area contributed by atoms with Crippen molar-refractivity contribution < 1.29 is 33.4 Å². The third-order valence-electron chi connectivity index (χ3n) is 5.53. The van der Waals surface area contributed by atoms with E-state index in [9.17, 15) is 19.2 Å². The molecular formula is C25H32N2O7. The lowest BCUT2D eigenvalue weighted by Gasteiger charge is -2.28. The molecule has 0 bridgehead atoms. The number of carbonyl (C=O) groups is 4. The van der Waals surface area contributed by atoms with E-state index in [0.29, 0.717) is 30.3 Å². The molecule has 184 valence electrons. The van der Waals surface area contributed by atoms with Crippen LogP contribution in [-0.4, -0.2) is 51.2 Å². The summed E-state index contributed by atoms with van der Waals surface area (Å²) in [5, 5.41) is 5.58. The fraction of sp³-hybridized carbons (Fsp3) is 0.440. The minimum absolute atomic E-state index is 0.0799. The van der Waals surface area contributed by atoms with Crippen molar-refractivity contribution >= 4 is 23.8 Å². The Bertz CT molecular complexity index is 969. The lowest BCUT2D eigenvalue weighted by atomic mass is 9.85. The van der Waals surface area contributed by atoms with Crippen molar-refractivity contribution in [3.63, 3.8) is 0 Å². The van der Waals surface area contributed by atoms with Gasteiger partial charge in [0.1, 0.15) is 5.92 Å². The van der Waals surface area contributed by atoms with E-state index in [4.69, 9.17) is 14.2 Å². The molecule has 9 heteroatoms. The Morgan fingerprint density at radius 2 is 1.47 bits per heavy atom. The molecule has 2 rings (SSSR count). The SMILES string of the molecule is COC(=O)C1=C(C)NC(C)=C(C(=O)OC)C1C(=O)OCC(=O)NCCc1ccc(C(C)C)cc1. The average Bonchev–Trinajstić information content (AvgIpc) is 2.81. The minimum atomic E-state index is -1.38. The standard InChI is InChI=1S/C25H32N2O7/c1-14(2)18-9-7-17(8-10-18)11-12-26-19(28)13-34-25(31)22-20(23(29)32-5)15(3)27-16(4)21(22)24(30)33-6/h7-10,14,22,27H,11-13H2,1-6H3,(H,26,28). The Balaban J connectivity index is 2.02.